The maximum absolute atomic E-state index is 12.8. The van der Waals surface area contributed by atoms with E-state index < -0.39 is 17.6 Å². The normalized spacial score (nSPS) is 11.3. The fourth-order valence-corrected chi connectivity index (χ4v) is 4.24. The molecule has 31 heavy (non-hydrogen) atoms. The molecule has 6 nitrogen and oxygen atoms in total. The third-order valence-corrected chi connectivity index (χ3v) is 5.88. The summed E-state index contributed by atoms with van der Waals surface area (Å²) in [5, 5.41) is 13.0. The standard InChI is InChI=1S/C20H17F3N4O2S2/c1-11-6-12(2)8-15(7-11)24-16(28)10-30-19-27-26-18(31-19)25-17(29)13-4-3-5-14(9-13)20(21,22)23/h3-9H,10H2,1-2H3,(H,24,28)(H,25,26,29). The number of carbonyl (C=O) groups is 2. The molecule has 162 valence electrons. The van der Waals surface area contributed by atoms with Crippen LogP contribution < -0.4 is 10.6 Å². The lowest BCUT2D eigenvalue weighted by atomic mass is 10.1. The minimum atomic E-state index is -4.54. The first-order valence-corrected chi connectivity index (χ1v) is 10.7. The fraction of sp³-hybridized carbons (Fsp3) is 0.200. The number of nitrogens with zero attached hydrogens (tertiary/aromatic N) is 2. The molecule has 0 saturated heterocycles. The van der Waals surface area contributed by atoms with Crippen molar-refractivity contribution in [2.45, 2.75) is 24.4 Å². The van der Waals surface area contributed by atoms with Crippen LogP contribution in [0.2, 0.25) is 0 Å². The number of halogens is 3. The topological polar surface area (TPSA) is 84.0 Å². The molecule has 0 unspecified atom stereocenters. The summed E-state index contributed by atoms with van der Waals surface area (Å²) in [5.74, 6) is -0.866. The predicted molar refractivity (Wildman–Crippen MR) is 115 cm³/mol. The van der Waals surface area contributed by atoms with Crippen molar-refractivity contribution in [2.24, 2.45) is 0 Å². The number of thioether (sulfide) groups is 1. The van der Waals surface area contributed by atoms with Crippen molar-refractivity contribution < 1.29 is 22.8 Å². The number of carbonyl (C=O) groups excluding carboxylic acids is 2. The van der Waals surface area contributed by atoms with Gasteiger partial charge < -0.3 is 5.32 Å². The lowest BCUT2D eigenvalue weighted by Crippen LogP contribution is -2.14. The van der Waals surface area contributed by atoms with Crippen molar-refractivity contribution in [1.29, 1.82) is 0 Å². The lowest BCUT2D eigenvalue weighted by Gasteiger charge is -2.08. The summed E-state index contributed by atoms with van der Waals surface area (Å²) < 4.78 is 38.8. The average molecular weight is 467 g/mol. The van der Waals surface area contributed by atoms with Gasteiger partial charge in [0.2, 0.25) is 11.0 Å². The van der Waals surface area contributed by atoms with Gasteiger partial charge in [-0.15, -0.1) is 10.2 Å². The highest BCUT2D eigenvalue weighted by Gasteiger charge is 2.31. The number of nitrogens with one attached hydrogen (secondary N) is 2. The highest BCUT2D eigenvalue weighted by molar-refractivity contribution is 8.01. The third kappa shape index (κ3) is 6.53. The number of benzene rings is 2. The molecule has 0 radical (unpaired) electrons. The number of anilines is 2. The monoisotopic (exact) mass is 466 g/mol. The first-order chi connectivity index (χ1) is 14.6. The van der Waals surface area contributed by atoms with Gasteiger partial charge in [0, 0.05) is 11.3 Å². The van der Waals surface area contributed by atoms with E-state index in [9.17, 15) is 22.8 Å². The fourth-order valence-electron chi connectivity index (χ4n) is 2.70. The summed E-state index contributed by atoms with van der Waals surface area (Å²) in [6, 6.07) is 9.82. The third-order valence-electron chi connectivity index (χ3n) is 3.91. The Labute approximate surface area is 184 Å². The van der Waals surface area contributed by atoms with Crippen LogP contribution in [0.1, 0.15) is 27.0 Å². The Bertz CT molecular complexity index is 1100. The number of aromatic nitrogens is 2. The highest BCUT2D eigenvalue weighted by Crippen LogP contribution is 2.30. The summed E-state index contributed by atoms with van der Waals surface area (Å²) >= 11 is 2.16. The minimum Gasteiger partial charge on any atom is -0.325 e. The Kier molecular flexibility index (Phi) is 6.96. The number of amides is 2. The molecule has 2 amide bonds. The molecule has 0 fully saturated rings. The zero-order valence-corrected chi connectivity index (χ0v) is 18.0. The van der Waals surface area contributed by atoms with Crippen LogP contribution >= 0.6 is 23.1 Å². The molecule has 1 heterocycles. The number of hydrogen-bond acceptors (Lipinski definition) is 6. The second-order valence-corrected chi connectivity index (χ2v) is 8.82. The molecular weight excluding hydrogens is 449 g/mol. The van der Waals surface area contributed by atoms with Gasteiger partial charge in [-0.3, -0.25) is 14.9 Å². The molecule has 11 heteroatoms. The zero-order valence-electron chi connectivity index (χ0n) is 16.4. The van der Waals surface area contributed by atoms with E-state index in [-0.39, 0.29) is 22.4 Å². The molecule has 2 N–H and O–H groups in total. The van der Waals surface area contributed by atoms with Gasteiger partial charge in [-0.2, -0.15) is 13.2 Å². The minimum absolute atomic E-state index is 0.0865. The van der Waals surface area contributed by atoms with Crippen LogP contribution in [-0.4, -0.2) is 27.8 Å². The summed E-state index contributed by atoms with van der Waals surface area (Å²) in [4.78, 5) is 24.4. The Hall–Kier alpha value is -2.92. The van der Waals surface area contributed by atoms with Gasteiger partial charge in [0.1, 0.15) is 0 Å². The molecule has 0 aliphatic carbocycles. The van der Waals surface area contributed by atoms with E-state index in [1.54, 1.807) is 0 Å². The Morgan fingerprint density at radius 3 is 2.42 bits per heavy atom. The summed E-state index contributed by atoms with van der Waals surface area (Å²) in [5.41, 5.74) is 1.71. The van der Waals surface area contributed by atoms with Crippen LogP contribution in [0, 0.1) is 13.8 Å². The van der Waals surface area contributed by atoms with Gasteiger partial charge in [0.05, 0.1) is 11.3 Å². The van der Waals surface area contributed by atoms with E-state index in [0.29, 0.717) is 10.0 Å². The second kappa shape index (κ2) is 9.48. The Balaban J connectivity index is 1.55. The molecule has 0 atom stereocenters. The van der Waals surface area contributed by atoms with Gasteiger partial charge in [0.25, 0.3) is 5.91 Å². The van der Waals surface area contributed by atoms with Crippen molar-refractivity contribution >= 4 is 45.7 Å². The molecule has 0 aliphatic rings. The second-order valence-electron chi connectivity index (χ2n) is 6.62. The van der Waals surface area contributed by atoms with Crippen molar-refractivity contribution in [2.75, 3.05) is 16.4 Å². The molecule has 0 spiro atoms. The molecule has 3 rings (SSSR count). The van der Waals surface area contributed by atoms with Gasteiger partial charge in [0.15, 0.2) is 4.34 Å². The van der Waals surface area contributed by atoms with Gasteiger partial charge in [-0.05, 0) is 55.3 Å². The first kappa shape index (κ1) is 22.8. The number of hydrogen-bond donors (Lipinski definition) is 2. The van der Waals surface area contributed by atoms with Crippen LogP contribution in [0.15, 0.2) is 46.8 Å². The van der Waals surface area contributed by atoms with Crippen molar-refractivity contribution in [1.82, 2.24) is 10.2 Å². The van der Waals surface area contributed by atoms with E-state index in [1.807, 2.05) is 32.0 Å². The van der Waals surface area contributed by atoms with Crippen LogP contribution in [0.25, 0.3) is 0 Å². The molecule has 2 aromatic carbocycles. The zero-order chi connectivity index (χ0) is 22.6. The van der Waals surface area contributed by atoms with Crippen LogP contribution in [0.4, 0.5) is 24.0 Å². The predicted octanol–water partition coefficient (Wildman–Crippen LogP) is 5.16. The van der Waals surface area contributed by atoms with E-state index in [0.717, 1.165) is 52.4 Å². The molecule has 1 aromatic heterocycles. The van der Waals surface area contributed by atoms with Crippen molar-refractivity contribution in [3.63, 3.8) is 0 Å². The molecule has 3 aromatic rings. The average Bonchev–Trinajstić information content (AvgIpc) is 3.12. The number of alkyl halides is 3. The van der Waals surface area contributed by atoms with Gasteiger partial charge in [-0.1, -0.05) is 35.2 Å². The van der Waals surface area contributed by atoms with Gasteiger partial charge in [-0.25, -0.2) is 0 Å². The first-order valence-electron chi connectivity index (χ1n) is 8.93. The Morgan fingerprint density at radius 2 is 1.74 bits per heavy atom. The van der Waals surface area contributed by atoms with Crippen LogP contribution in [-0.2, 0) is 11.0 Å². The van der Waals surface area contributed by atoms with E-state index in [2.05, 4.69) is 20.8 Å². The molecular formula is C20H17F3N4O2S2. The molecule has 0 saturated carbocycles. The molecule has 0 bridgehead atoms. The summed E-state index contributed by atoms with van der Waals surface area (Å²) in [7, 11) is 0. The van der Waals surface area contributed by atoms with E-state index in [1.165, 1.54) is 6.07 Å². The van der Waals surface area contributed by atoms with Gasteiger partial charge >= 0.3 is 6.18 Å². The Morgan fingerprint density at radius 1 is 1.03 bits per heavy atom. The van der Waals surface area contributed by atoms with Crippen molar-refractivity contribution in [3.05, 3.63) is 64.7 Å². The number of aryl methyl sites for hydroxylation is 2. The highest BCUT2D eigenvalue weighted by atomic mass is 32.2. The quantitative estimate of drug-likeness (QED) is 0.387. The molecule has 0 aliphatic heterocycles. The van der Waals surface area contributed by atoms with Crippen LogP contribution in [0.3, 0.4) is 0 Å². The van der Waals surface area contributed by atoms with Crippen LogP contribution in [0.5, 0.6) is 0 Å². The van der Waals surface area contributed by atoms with E-state index in [4.69, 9.17) is 0 Å². The lowest BCUT2D eigenvalue weighted by molar-refractivity contribution is -0.137. The van der Waals surface area contributed by atoms with Crippen molar-refractivity contribution in [3.8, 4) is 0 Å². The smallest absolute Gasteiger partial charge is 0.325 e. The largest absolute Gasteiger partial charge is 0.416 e. The summed E-state index contributed by atoms with van der Waals surface area (Å²) in [6.45, 7) is 3.88. The SMILES string of the molecule is Cc1cc(C)cc(NC(=O)CSc2nnc(NC(=O)c3cccc(C(F)(F)F)c3)s2)c1. The maximum atomic E-state index is 12.8. The number of rotatable bonds is 6. The summed E-state index contributed by atoms with van der Waals surface area (Å²) in [6.07, 6.45) is -4.54. The maximum Gasteiger partial charge on any atom is 0.416 e. The van der Waals surface area contributed by atoms with E-state index >= 15 is 0 Å².